The summed E-state index contributed by atoms with van der Waals surface area (Å²) >= 11 is 0. The molecular formula is C19H22N6O3. The molecule has 0 unspecified atom stereocenters. The maximum atomic E-state index is 12.6. The minimum atomic E-state index is -0.787. The predicted molar refractivity (Wildman–Crippen MR) is 101 cm³/mol. The van der Waals surface area contributed by atoms with Gasteiger partial charge in [0.1, 0.15) is 29.0 Å². The van der Waals surface area contributed by atoms with Gasteiger partial charge in [0.05, 0.1) is 19.7 Å². The van der Waals surface area contributed by atoms with Crippen LogP contribution in [0.25, 0.3) is 11.3 Å². The minimum Gasteiger partial charge on any atom is -0.497 e. The molecule has 9 heteroatoms. The molecule has 0 aliphatic carbocycles. The molecule has 2 heterocycles. The molecule has 0 fully saturated rings. The van der Waals surface area contributed by atoms with Gasteiger partial charge in [0.15, 0.2) is 0 Å². The van der Waals surface area contributed by atoms with E-state index in [9.17, 15) is 14.9 Å². The molecule has 4 N–H and O–H groups in total. The number of nitrogens with two attached hydrogens (primary N) is 2. The second-order valence-electron chi connectivity index (χ2n) is 6.59. The molecule has 2 aromatic rings. The standard InChI is InChI=1S/C19H22N6O3/c1-28-13-4-2-12(3-5-13)18-15(10-20)25-9-8-24(11-17(25)23-18)19(27)14(21)6-7-16(22)26/h2-5,14H,6-9,11,21H2,1H3,(H2,22,26)/t14-/m0/s1. The van der Waals surface area contributed by atoms with Crippen molar-refractivity contribution in [1.29, 1.82) is 5.26 Å². The summed E-state index contributed by atoms with van der Waals surface area (Å²) in [6, 6.07) is 8.74. The molecule has 1 aromatic carbocycles. The van der Waals surface area contributed by atoms with E-state index in [2.05, 4.69) is 11.1 Å². The lowest BCUT2D eigenvalue weighted by atomic mass is 10.1. The van der Waals surface area contributed by atoms with Crippen LogP contribution in [-0.4, -0.2) is 46.0 Å². The third-order valence-corrected chi connectivity index (χ3v) is 4.77. The zero-order valence-electron chi connectivity index (χ0n) is 15.6. The summed E-state index contributed by atoms with van der Waals surface area (Å²) in [5, 5.41) is 9.63. The van der Waals surface area contributed by atoms with Crippen LogP contribution in [-0.2, 0) is 22.7 Å². The van der Waals surface area contributed by atoms with Crippen LogP contribution in [0, 0.1) is 11.3 Å². The Morgan fingerprint density at radius 2 is 2.04 bits per heavy atom. The van der Waals surface area contributed by atoms with Gasteiger partial charge in [-0.1, -0.05) is 0 Å². The number of amides is 2. The van der Waals surface area contributed by atoms with Crippen molar-refractivity contribution in [2.45, 2.75) is 32.0 Å². The van der Waals surface area contributed by atoms with Crippen molar-refractivity contribution >= 4 is 11.8 Å². The first-order valence-electron chi connectivity index (χ1n) is 8.91. The maximum absolute atomic E-state index is 12.6. The van der Waals surface area contributed by atoms with Crippen molar-refractivity contribution in [1.82, 2.24) is 14.5 Å². The lowest BCUT2D eigenvalue weighted by Crippen LogP contribution is -2.47. The molecule has 0 radical (unpaired) electrons. The molecule has 1 aliphatic rings. The Hall–Kier alpha value is -3.38. The molecule has 1 aromatic heterocycles. The highest BCUT2D eigenvalue weighted by atomic mass is 16.5. The Labute approximate surface area is 162 Å². The average molecular weight is 382 g/mol. The number of aromatic nitrogens is 2. The van der Waals surface area contributed by atoms with Gasteiger partial charge in [0, 0.05) is 25.1 Å². The summed E-state index contributed by atoms with van der Waals surface area (Å²) in [7, 11) is 1.59. The number of hydrogen-bond donors (Lipinski definition) is 2. The van der Waals surface area contributed by atoms with E-state index < -0.39 is 11.9 Å². The summed E-state index contributed by atoms with van der Waals surface area (Å²) in [5.74, 6) is 0.609. The van der Waals surface area contributed by atoms with E-state index in [1.54, 1.807) is 12.0 Å². The number of nitriles is 1. The average Bonchev–Trinajstić information content (AvgIpc) is 3.09. The highest BCUT2D eigenvalue weighted by Gasteiger charge is 2.29. The number of rotatable bonds is 6. The van der Waals surface area contributed by atoms with Gasteiger partial charge in [-0.05, 0) is 30.7 Å². The lowest BCUT2D eigenvalue weighted by molar-refractivity contribution is -0.134. The topological polar surface area (TPSA) is 140 Å². The highest BCUT2D eigenvalue weighted by molar-refractivity contribution is 5.83. The number of ether oxygens (including phenoxy) is 1. The molecule has 0 spiro atoms. The van der Waals surface area contributed by atoms with Crippen LogP contribution in [0.15, 0.2) is 24.3 Å². The molecule has 146 valence electrons. The smallest absolute Gasteiger partial charge is 0.239 e. The fraction of sp³-hybridized carbons (Fsp3) is 0.368. The van der Waals surface area contributed by atoms with Crippen LogP contribution in [0.5, 0.6) is 5.75 Å². The molecule has 9 nitrogen and oxygen atoms in total. The molecule has 0 saturated heterocycles. The zero-order chi connectivity index (χ0) is 20.3. The van der Waals surface area contributed by atoms with Gasteiger partial charge in [-0.15, -0.1) is 0 Å². The largest absolute Gasteiger partial charge is 0.497 e. The van der Waals surface area contributed by atoms with Gasteiger partial charge in [-0.3, -0.25) is 9.59 Å². The summed E-state index contributed by atoms with van der Waals surface area (Å²) in [4.78, 5) is 29.7. The van der Waals surface area contributed by atoms with Crippen LogP contribution in [0.1, 0.15) is 24.4 Å². The quantitative estimate of drug-likeness (QED) is 0.739. The minimum absolute atomic E-state index is 0.0651. The number of hydrogen-bond acceptors (Lipinski definition) is 6. The van der Waals surface area contributed by atoms with E-state index in [1.165, 1.54) is 0 Å². The molecule has 0 saturated carbocycles. The first-order valence-corrected chi connectivity index (χ1v) is 8.91. The Morgan fingerprint density at radius 1 is 1.32 bits per heavy atom. The second kappa shape index (κ2) is 8.10. The van der Waals surface area contributed by atoms with E-state index in [0.29, 0.717) is 36.1 Å². The van der Waals surface area contributed by atoms with E-state index in [-0.39, 0.29) is 25.3 Å². The fourth-order valence-corrected chi connectivity index (χ4v) is 3.24. The van der Waals surface area contributed by atoms with Gasteiger partial charge < -0.3 is 25.7 Å². The van der Waals surface area contributed by atoms with E-state index in [4.69, 9.17) is 16.2 Å². The third-order valence-electron chi connectivity index (χ3n) is 4.77. The maximum Gasteiger partial charge on any atom is 0.239 e. The van der Waals surface area contributed by atoms with Crippen LogP contribution in [0.3, 0.4) is 0 Å². The Bertz CT molecular complexity index is 928. The number of carbonyl (C=O) groups excluding carboxylic acids is 2. The van der Waals surface area contributed by atoms with Crippen molar-refractivity contribution in [3.63, 3.8) is 0 Å². The second-order valence-corrected chi connectivity index (χ2v) is 6.59. The number of primary amides is 1. The molecule has 28 heavy (non-hydrogen) atoms. The number of nitrogens with zero attached hydrogens (tertiary/aromatic N) is 4. The molecular weight excluding hydrogens is 360 g/mol. The van der Waals surface area contributed by atoms with Gasteiger partial charge in [-0.25, -0.2) is 4.98 Å². The summed E-state index contributed by atoms with van der Waals surface area (Å²) < 4.78 is 7.00. The molecule has 0 bridgehead atoms. The summed E-state index contributed by atoms with van der Waals surface area (Å²) in [6.07, 6.45) is 0.273. The monoisotopic (exact) mass is 382 g/mol. The third kappa shape index (κ3) is 3.82. The Balaban J connectivity index is 1.82. The van der Waals surface area contributed by atoms with Crippen molar-refractivity contribution in [3.8, 4) is 23.1 Å². The fourth-order valence-electron chi connectivity index (χ4n) is 3.24. The van der Waals surface area contributed by atoms with Crippen molar-refractivity contribution in [2.24, 2.45) is 11.5 Å². The summed E-state index contributed by atoms with van der Waals surface area (Å²) in [6.45, 7) is 1.13. The number of benzene rings is 1. The zero-order valence-corrected chi connectivity index (χ0v) is 15.6. The van der Waals surface area contributed by atoms with Crippen LogP contribution in [0.4, 0.5) is 0 Å². The molecule has 1 atom stereocenters. The highest BCUT2D eigenvalue weighted by Crippen LogP contribution is 2.28. The van der Waals surface area contributed by atoms with E-state index in [1.807, 2.05) is 28.8 Å². The SMILES string of the molecule is COc1ccc(-c2nc3n(c2C#N)CCN(C(=O)[C@@H](N)CCC(N)=O)C3)cc1. The number of carbonyl (C=O) groups is 2. The summed E-state index contributed by atoms with van der Waals surface area (Å²) in [5.41, 5.74) is 12.9. The number of fused-ring (bicyclic) bond motifs is 1. The first kappa shape index (κ1) is 19.4. The number of imidazole rings is 1. The van der Waals surface area contributed by atoms with Crippen LogP contribution in [0.2, 0.25) is 0 Å². The van der Waals surface area contributed by atoms with Gasteiger partial charge in [0.2, 0.25) is 11.8 Å². The van der Waals surface area contributed by atoms with Gasteiger partial charge >= 0.3 is 0 Å². The van der Waals surface area contributed by atoms with Crippen molar-refractivity contribution < 1.29 is 14.3 Å². The van der Waals surface area contributed by atoms with Crippen LogP contribution < -0.4 is 16.2 Å². The van der Waals surface area contributed by atoms with Crippen molar-refractivity contribution in [2.75, 3.05) is 13.7 Å². The Kier molecular flexibility index (Phi) is 5.61. The number of methoxy groups -OCH3 is 1. The van der Waals surface area contributed by atoms with E-state index >= 15 is 0 Å². The Morgan fingerprint density at radius 3 is 2.64 bits per heavy atom. The van der Waals surface area contributed by atoms with Crippen molar-refractivity contribution in [3.05, 3.63) is 35.8 Å². The van der Waals surface area contributed by atoms with Gasteiger partial charge in [-0.2, -0.15) is 5.26 Å². The van der Waals surface area contributed by atoms with Crippen LogP contribution >= 0.6 is 0 Å². The molecule has 1 aliphatic heterocycles. The first-order chi connectivity index (χ1) is 13.4. The van der Waals surface area contributed by atoms with Gasteiger partial charge in [0.25, 0.3) is 0 Å². The lowest BCUT2D eigenvalue weighted by Gasteiger charge is -2.29. The van der Waals surface area contributed by atoms with E-state index in [0.717, 1.165) is 5.56 Å². The normalized spacial score (nSPS) is 14.1. The molecule has 2 amide bonds. The predicted octanol–water partition coefficient (Wildman–Crippen LogP) is 0.365. The molecule has 3 rings (SSSR count).